The topological polar surface area (TPSA) is 45.2 Å². The zero-order valence-corrected chi connectivity index (χ0v) is 17.1. The second-order valence-electron chi connectivity index (χ2n) is 7.17. The van der Waals surface area contributed by atoms with Gasteiger partial charge in [-0.1, -0.05) is 24.3 Å². The van der Waals surface area contributed by atoms with Crippen LogP contribution in [-0.4, -0.2) is 24.0 Å². The number of hydrogen-bond donors (Lipinski definition) is 1. The predicted octanol–water partition coefficient (Wildman–Crippen LogP) is 5.99. The molecule has 1 saturated heterocycles. The molecule has 1 aromatic heterocycles. The Labute approximate surface area is 176 Å². The molecule has 1 amide bonds. The van der Waals surface area contributed by atoms with Gasteiger partial charge in [-0.25, -0.2) is 4.98 Å². The van der Waals surface area contributed by atoms with E-state index in [0.29, 0.717) is 21.1 Å². The highest BCUT2D eigenvalue weighted by Gasteiger charge is 2.30. The SMILES string of the molecule is Cc1nc(-c2ccc(C(F)(F)F)cc2)sc1C(=O)Nc1ccccc1N1CCCC1. The molecule has 1 aliphatic heterocycles. The third-order valence-corrected chi connectivity index (χ3v) is 6.27. The summed E-state index contributed by atoms with van der Waals surface area (Å²) < 4.78 is 38.3. The van der Waals surface area contributed by atoms with Crippen LogP contribution < -0.4 is 10.2 Å². The minimum atomic E-state index is -4.38. The maximum atomic E-state index is 12.9. The fourth-order valence-corrected chi connectivity index (χ4v) is 4.49. The predicted molar refractivity (Wildman–Crippen MR) is 113 cm³/mol. The molecule has 1 N–H and O–H groups in total. The number of alkyl halides is 3. The van der Waals surface area contributed by atoms with Crippen LogP contribution in [0, 0.1) is 6.92 Å². The summed E-state index contributed by atoms with van der Waals surface area (Å²) in [7, 11) is 0. The van der Waals surface area contributed by atoms with Crippen molar-refractivity contribution >= 4 is 28.6 Å². The summed E-state index contributed by atoms with van der Waals surface area (Å²) in [6.07, 6.45) is -2.12. The number of nitrogens with zero attached hydrogens (tertiary/aromatic N) is 2. The van der Waals surface area contributed by atoms with E-state index in [-0.39, 0.29) is 5.91 Å². The summed E-state index contributed by atoms with van der Waals surface area (Å²) in [6.45, 7) is 3.65. The Morgan fingerprint density at radius 1 is 1.07 bits per heavy atom. The van der Waals surface area contributed by atoms with Crippen molar-refractivity contribution in [2.45, 2.75) is 25.9 Å². The van der Waals surface area contributed by atoms with Crippen LogP contribution >= 0.6 is 11.3 Å². The maximum absolute atomic E-state index is 12.9. The number of hydrogen-bond acceptors (Lipinski definition) is 4. The molecule has 0 aliphatic carbocycles. The van der Waals surface area contributed by atoms with Crippen LogP contribution in [0.1, 0.15) is 33.8 Å². The molecule has 0 atom stereocenters. The maximum Gasteiger partial charge on any atom is 0.416 e. The van der Waals surface area contributed by atoms with E-state index in [0.717, 1.165) is 49.4 Å². The highest BCUT2D eigenvalue weighted by molar-refractivity contribution is 7.17. The Bertz CT molecular complexity index is 1050. The van der Waals surface area contributed by atoms with E-state index in [2.05, 4.69) is 15.2 Å². The fraction of sp³-hybridized carbons (Fsp3) is 0.273. The normalized spacial score (nSPS) is 14.2. The third kappa shape index (κ3) is 4.18. The first kappa shape index (κ1) is 20.4. The summed E-state index contributed by atoms with van der Waals surface area (Å²) >= 11 is 1.17. The molecule has 0 radical (unpaired) electrons. The van der Waals surface area contributed by atoms with Gasteiger partial charge in [0.2, 0.25) is 0 Å². The number of nitrogens with one attached hydrogen (secondary N) is 1. The number of carbonyl (C=O) groups is 1. The van der Waals surface area contributed by atoms with Crippen molar-refractivity contribution in [3.63, 3.8) is 0 Å². The molecule has 0 unspecified atom stereocenters. The Balaban J connectivity index is 1.56. The number of amides is 1. The molecule has 0 bridgehead atoms. The molecule has 3 aromatic rings. The van der Waals surface area contributed by atoms with Crippen molar-refractivity contribution in [3.05, 3.63) is 64.7 Å². The number of aryl methyl sites for hydroxylation is 1. The van der Waals surface area contributed by atoms with Crippen molar-refractivity contribution < 1.29 is 18.0 Å². The number of para-hydroxylation sites is 2. The molecule has 1 aliphatic rings. The van der Waals surface area contributed by atoms with E-state index in [1.165, 1.54) is 23.5 Å². The molecule has 2 heterocycles. The standard InChI is InChI=1S/C22H20F3N3OS/c1-14-19(30-21(26-14)15-8-10-16(11-9-15)22(23,24)25)20(29)27-17-6-2-3-7-18(17)28-12-4-5-13-28/h2-3,6-11H,4-5,12-13H2,1H3,(H,27,29). The highest BCUT2D eigenvalue weighted by Crippen LogP contribution is 2.34. The average molecular weight is 431 g/mol. The lowest BCUT2D eigenvalue weighted by Gasteiger charge is -2.21. The van der Waals surface area contributed by atoms with E-state index in [1.54, 1.807) is 6.92 Å². The molecule has 4 nitrogen and oxygen atoms in total. The van der Waals surface area contributed by atoms with Gasteiger partial charge in [0.25, 0.3) is 5.91 Å². The van der Waals surface area contributed by atoms with E-state index in [4.69, 9.17) is 0 Å². The largest absolute Gasteiger partial charge is 0.416 e. The second-order valence-corrected chi connectivity index (χ2v) is 8.17. The molecule has 0 spiro atoms. The van der Waals surface area contributed by atoms with Crippen LogP contribution in [0.3, 0.4) is 0 Å². The van der Waals surface area contributed by atoms with Crippen LogP contribution in [0.15, 0.2) is 48.5 Å². The van der Waals surface area contributed by atoms with Crippen molar-refractivity contribution in [2.75, 3.05) is 23.3 Å². The van der Waals surface area contributed by atoms with E-state index < -0.39 is 11.7 Å². The van der Waals surface area contributed by atoms with Gasteiger partial charge in [-0.05, 0) is 44.0 Å². The summed E-state index contributed by atoms with van der Waals surface area (Å²) in [4.78, 5) is 20.0. The molecule has 2 aromatic carbocycles. The molecule has 30 heavy (non-hydrogen) atoms. The first-order valence-electron chi connectivity index (χ1n) is 9.63. The summed E-state index contributed by atoms with van der Waals surface area (Å²) in [6, 6.07) is 12.5. The third-order valence-electron chi connectivity index (χ3n) is 5.06. The van der Waals surface area contributed by atoms with Crippen LogP contribution in [-0.2, 0) is 6.18 Å². The summed E-state index contributed by atoms with van der Waals surface area (Å²) in [5, 5.41) is 3.49. The lowest BCUT2D eigenvalue weighted by molar-refractivity contribution is -0.137. The molecular formula is C22H20F3N3OS. The van der Waals surface area contributed by atoms with Gasteiger partial charge in [0, 0.05) is 18.7 Å². The zero-order valence-electron chi connectivity index (χ0n) is 16.3. The van der Waals surface area contributed by atoms with Gasteiger partial charge in [-0.3, -0.25) is 4.79 Å². The molecule has 4 rings (SSSR count). The Hall–Kier alpha value is -2.87. The first-order chi connectivity index (χ1) is 14.3. The van der Waals surface area contributed by atoms with Gasteiger partial charge in [-0.2, -0.15) is 13.2 Å². The van der Waals surface area contributed by atoms with Gasteiger partial charge in [0.15, 0.2) is 0 Å². The monoisotopic (exact) mass is 431 g/mol. The summed E-state index contributed by atoms with van der Waals surface area (Å²) in [5.41, 5.74) is 2.12. The van der Waals surface area contributed by atoms with Gasteiger partial charge >= 0.3 is 6.18 Å². The molecule has 8 heteroatoms. The van der Waals surface area contributed by atoms with Crippen LogP contribution in [0.4, 0.5) is 24.5 Å². The smallest absolute Gasteiger partial charge is 0.370 e. The molecule has 1 fully saturated rings. The zero-order chi connectivity index (χ0) is 21.3. The van der Waals surface area contributed by atoms with Crippen molar-refractivity contribution in [2.24, 2.45) is 0 Å². The van der Waals surface area contributed by atoms with Crippen molar-refractivity contribution in [1.29, 1.82) is 0 Å². The molecule has 156 valence electrons. The average Bonchev–Trinajstić information content (AvgIpc) is 3.38. The molecular weight excluding hydrogens is 411 g/mol. The number of thiazole rings is 1. The van der Waals surface area contributed by atoms with Gasteiger partial charge < -0.3 is 10.2 Å². The van der Waals surface area contributed by atoms with Crippen LogP contribution in [0.5, 0.6) is 0 Å². The second kappa shape index (κ2) is 8.10. The Morgan fingerprint density at radius 3 is 2.40 bits per heavy atom. The minimum Gasteiger partial charge on any atom is -0.370 e. The first-order valence-corrected chi connectivity index (χ1v) is 10.4. The van der Waals surface area contributed by atoms with Crippen molar-refractivity contribution in [1.82, 2.24) is 4.98 Å². The summed E-state index contributed by atoms with van der Waals surface area (Å²) in [5.74, 6) is -0.269. The highest BCUT2D eigenvalue weighted by atomic mass is 32.1. The minimum absolute atomic E-state index is 0.269. The molecule has 0 saturated carbocycles. The van der Waals surface area contributed by atoms with Crippen molar-refractivity contribution in [3.8, 4) is 10.6 Å². The van der Waals surface area contributed by atoms with E-state index in [9.17, 15) is 18.0 Å². The van der Waals surface area contributed by atoms with Crippen LogP contribution in [0.25, 0.3) is 10.6 Å². The lowest BCUT2D eigenvalue weighted by Crippen LogP contribution is -2.21. The van der Waals surface area contributed by atoms with E-state index in [1.807, 2.05) is 24.3 Å². The number of carbonyl (C=O) groups excluding carboxylic acids is 1. The quantitative estimate of drug-likeness (QED) is 0.552. The fourth-order valence-electron chi connectivity index (χ4n) is 3.52. The Kier molecular flexibility index (Phi) is 5.51. The lowest BCUT2D eigenvalue weighted by atomic mass is 10.1. The van der Waals surface area contributed by atoms with Crippen LogP contribution in [0.2, 0.25) is 0 Å². The van der Waals surface area contributed by atoms with E-state index >= 15 is 0 Å². The Morgan fingerprint density at radius 2 is 1.73 bits per heavy atom. The number of halogens is 3. The number of aromatic nitrogens is 1. The number of anilines is 2. The number of benzene rings is 2. The van der Waals surface area contributed by atoms with Gasteiger partial charge in [0.1, 0.15) is 9.88 Å². The number of rotatable bonds is 4. The van der Waals surface area contributed by atoms with Gasteiger partial charge in [0.05, 0.1) is 22.6 Å². The van der Waals surface area contributed by atoms with Gasteiger partial charge in [-0.15, -0.1) is 11.3 Å².